The number of amidine groups is 2. The van der Waals surface area contributed by atoms with E-state index in [1.165, 1.54) is 16.8 Å². The molecule has 2 aromatic heterocycles. The second kappa shape index (κ2) is 14.0. The van der Waals surface area contributed by atoms with E-state index in [9.17, 15) is 13.2 Å². The molecular formula is C52H34F3N5. The fourth-order valence-electron chi connectivity index (χ4n) is 8.68. The lowest BCUT2D eigenvalue weighted by molar-refractivity contribution is -0.0882. The van der Waals surface area contributed by atoms with Crippen LogP contribution in [0.15, 0.2) is 204 Å². The number of alkyl halides is 3. The molecule has 0 spiro atoms. The van der Waals surface area contributed by atoms with Crippen LogP contribution in [0, 0.1) is 0 Å². The molecule has 1 N–H and O–H groups in total. The SMILES string of the molecule is FC(F)(F)C1=CC(=c2ccc(-n3c4ccccc4c4cc(-n5c6ccccc6c6ccccc65)ccc43)cc2=C2N=C(c3ccccc3)N=C(c3ccccc3)N2)CC=C1. The number of nitrogens with zero attached hydrogens (tertiary/aromatic N) is 4. The van der Waals surface area contributed by atoms with Gasteiger partial charge in [0.2, 0.25) is 0 Å². The monoisotopic (exact) mass is 785 g/mol. The van der Waals surface area contributed by atoms with Gasteiger partial charge >= 0.3 is 6.18 Å². The maximum Gasteiger partial charge on any atom is 0.416 e. The first-order chi connectivity index (χ1) is 29.4. The highest BCUT2D eigenvalue weighted by Gasteiger charge is 2.33. The molecule has 9 aromatic rings. The third kappa shape index (κ3) is 5.95. The van der Waals surface area contributed by atoms with Gasteiger partial charge in [0.25, 0.3) is 0 Å². The Labute approximate surface area is 342 Å². The zero-order chi connectivity index (χ0) is 40.4. The van der Waals surface area contributed by atoms with Crippen LogP contribution in [0.3, 0.4) is 0 Å². The average molecular weight is 786 g/mol. The molecular weight excluding hydrogens is 752 g/mol. The number of para-hydroxylation sites is 3. The molecule has 0 unspecified atom stereocenters. The molecule has 0 saturated carbocycles. The fourth-order valence-corrected chi connectivity index (χ4v) is 8.68. The van der Waals surface area contributed by atoms with E-state index >= 15 is 0 Å². The zero-order valence-electron chi connectivity index (χ0n) is 32.0. The van der Waals surface area contributed by atoms with Crippen molar-refractivity contribution in [2.75, 3.05) is 0 Å². The normalized spacial score (nSPS) is 16.3. The number of benzene rings is 7. The third-order valence-corrected chi connectivity index (χ3v) is 11.4. The summed E-state index contributed by atoms with van der Waals surface area (Å²) in [5, 5.41) is 9.34. The largest absolute Gasteiger partial charge is 0.416 e. The van der Waals surface area contributed by atoms with E-state index in [2.05, 4.69) is 99.4 Å². The summed E-state index contributed by atoms with van der Waals surface area (Å²) in [7, 11) is 0. The van der Waals surface area contributed by atoms with Crippen molar-refractivity contribution in [2.24, 2.45) is 9.98 Å². The Hall–Kier alpha value is -7.71. The van der Waals surface area contributed by atoms with Crippen LogP contribution in [0.4, 0.5) is 13.2 Å². The minimum absolute atomic E-state index is 0.328. The van der Waals surface area contributed by atoms with Crippen molar-refractivity contribution in [3.63, 3.8) is 0 Å². The van der Waals surface area contributed by atoms with Crippen LogP contribution in [-0.2, 0) is 0 Å². The Morgan fingerprint density at radius 2 is 1.03 bits per heavy atom. The molecule has 2 aliphatic rings. The second-order valence-corrected chi connectivity index (χ2v) is 15.0. The van der Waals surface area contributed by atoms with Crippen LogP contribution in [-0.4, -0.2) is 27.0 Å². The predicted octanol–water partition coefficient (Wildman–Crippen LogP) is 11.0. The molecule has 0 saturated heterocycles. The van der Waals surface area contributed by atoms with Crippen LogP contribution < -0.4 is 15.8 Å². The lowest BCUT2D eigenvalue weighted by Crippen LogP contribution is -2.38. The standard InChI is InChI=1S/C52H34F3N5/c53-52(54,55)36-19-13-18-35(30-36)39-28-26-37(32-44(39)51-57-49(33-14-3-1-4-15-33)56-50(58-51)34-16-5-2-6-17-34)60-47-25-12-9-22-42(47)43-31-38(27-29-48(43)60)59-45-23-10-7-20-40(45)41-21-8-11-24-46(41)59/h1-17,19-32H,18H2,(H,56,57,58). The first kappa shape index (κ1) is 35.5. The fraction of sp³-hybridized carbons (Fsp3) is 0.0385. The van der Waals surface area contributed by atoms with E-state index in [1.807, 2.05) is 84.9 Å². The highest BCUT2D eigenvalue weighted by atomic mass is 19.4. The minimum Gasteiger partial charge on any atom is -0.324 e. The lowest BCUT2D eigenvalue weighted by Gasteiger charge is -2.19. The van der Waals surface area contributed by atoms with Gasteiger partial charge in [0, 0.05) is 49.3 Å². The maximum absolute atomic E-state index is 14.2. The molecule has 3 heterocycles. The highest BCUT2D eigenvalue weighted by Crippen LogP contribution is 2.37. The van der Waals surface area contributed by atoms with Crippen LogP contribution in [0.5, 0.6) is 0 Å². The molecule has 1 aliphatic carbocycles. The quantitative estimate of drug-likeness (QED) is 0.190. The number of halogens is 3. The summed E-state index contributed by atoms with van der Waals surface area (Å²) >= 11 is 0. The van der Waals surface area contributed by atoms with Gasteiger partial charge in [0.05, 0.1) is 27.6 Å². The van der Waals surface area contributed by atoms with Gasteiger partial charge in [-0.3, -0.25) is 0 Å². The molecule has 60 heavy (non-hydrogen) atoms. The van der Waals surface area contributed by atoms with Crippen molar-refractivity contribution in [3.05, 3.63) is 215 Å². The van der Waals surface area contributed by atoms with E-state index in [0.29, 0.717) is 39.9 Å². The Kier molecular flexibility index (Phi) is 8.27. The number of aromatic nitrogens is 2. The van der Waals surface area contributed by atoms with Crippen LogP contribution in [0.2, 0.25) is 0 Å². The molecule has 0 fully saturated rings. The van der Waals surface area contributed by atoms with Crippen LogP contribution >= 0.6 is 0 Å². The number of hydrogen-bond acceptors (Lipinski definition) is 3. The maximum atomic E-state index is 14.2. The van der Waals surface area contributed by atoms with E-state index in [1.54, 1.807) is 6.08 Å². The topological polar surface area (TPSA) is 46.6 Å². The van der Waals surface area contributed by atoms with Gasteiger partial charge in [-0.25, -0.2) is 9.98 Å². The van der Waals surface area contributed by atoms with Crippen molar-refractivity contribution in [1.82, 2.24) is 14.5 Å². The number of nitrogens with one attached hydrogen (secondary N) is 1. The minimum atomic E-state index is -4.49. The molecule has 8 heteroatoms. The van der Waals surface area contributed by atoms with E-state index < -0.39 is 11.7 Å². The number of aliphatic imine (C=N–C) groups is 2. The number of allylic oxidation sites excluding steroid dienone is 4. The second-order valence-electron chi connectivity index (χ2n) is 15.0. The van der Waals surface area contributed by atoms with Gasteiger partial charge in [-0.1, -0.05) is 133 Å². The molecule has 0 amide bonds. The third-order valence-electron chi connectivity index (χ3n) is 11.4. The molecule has 288 valence electrons. The van der Waals surface area contributed by atoms with Crippen LogP contribution in [0.1, 0.15) is 17.5 Å². The van der Waals surface area contributed by atoms with Gasteiger partial charge in [-0.05, 0) is 71.8 Å². The van der Waals surface area contributed by atoms with Crippen molar-refractivity contribution in [3.8, 4) is 11.4 Å². The summed E-state index contributed by atoms with van der Waals surface area (Å²) in [6.45, 7) is 0. The summed E-state index contributed by atoms with van der Waals surface area (Å²) in [6, 6.07) is 57.4. The Balaban J connectivity index is 1.18. The summed E-state index contributed by atoms with van der Waals surface area (Å²) in [4.78, 5) is 10.1. The van der Waals surface area contributed by atoms with Gasteiger partial charge in [0.15, 0.2) is 5.84 Å². The molecule has 1 aliphatic heterocycles. The first-order valence-electron chi connectivity index (χ1n) is 19.8. The lowest BCUT2D eigenvalue weighted by atomic mass is 9.98. The summed E-state index contributed by atoms with van der Waals surface area (Å²) < 4.78 is 47.1. The average Bonchev–Trinajstić information content (AvgIpc) is 3.82. The van der Waals surface area contributed by atoms with E-state index in [0.717, 1.165) is 61.4 Å². The first-order valence-corrected chi connectivity index (χ1v) is 19.8. The van der Waals surface area contributed by atoms with Gasteiger partial charge < -0.3 is 14.5 Å². The van der Waals surface area contributed by atoms with Crippen LogP contribution in [0.25, 0.3) is 66.4 Å². The Morgan fingerprint density at radius 3 is 1.67 bits per heavy atom. The van der Waals surface area contributed by atoms with Crippen molar-refractivity contribution >= 4 is 66.7 Å². The molecule has 5 nitrogen and oxygen atoms in total. The molecule has 0 atom stereocenters. The highest BCUT2D eigenvalue weighted by molar-refractivity contribution is 6.16. The van der Waals surface area contributed by atoms with Gasteiger partial charge in [-0.15, -0.1) is 0 Å². The predicted molar refractivity (Wildman–Crippen MR) is 238 cm³/mol. The summed E-state index contributed by atoms with van der Waals surface area (Å²) in [5.74, 6) is 1.57. The van der Waals surface area contributed by atoms with Gasteiger partial charge in [0.1, 0.15) is 11.7 Å². The smallest absolute Gasteiger partial charge is 0.324 e. The van der Waals surface area contributed by atoms with E-state index in [-0.39, 0.29) is 0 Å². The molecule has 0 radical (unpaired) electrons. The van der Waals surface area contributed by atoms with Crippen molar-refractivity contribution < 1.29 is 13.2 Å². The number of hydrogen-bond donors (Lipinski definition) is 1. The van der Waals surface area contributed by atoms with E-state index in [4.69, 9.17) is 9.98 Å². The summed E-state index contributed by atoms with van der Waals surface area (Å²) in [5.41, 5.74) is 7.66. The van der Waals surface area contributed by atoms with Crippen molar-refractivity contribution in [2.45, 2.75) is 12.6 Å². The number of fused-ring (bicyclic) bond motifs is 6. The molecule has 11 rings (SSSR count). The van der Waals surface area contributed by atoms with Gasteiger partial charge in [-0.2, -0.15) is 13.2 Å². The Bertz CT molecular complexity index is 3400. The Morgan fingerprint density at radius 1 is 0.500 bits per heavy atom. The molecule has 7 aromatic carbocycles. The zero-order valence-corrected chi connectivity index (χ0v) is 32.0. The number of rotatable bonds is 4. The summed E-state index contributed by atoms with van der Waals surface area (Å²) in [6.07, 6.45) is -0.181. The molecule has 0 bridgehead atoms. The van der Waals surface area contributed by atoms with Crippen molar-refractivity contribution in [1.29, 1.82) is 0 Å².